The molecule has 104 valence electrons. The molecule has 1 N–H and O–H groups in total. The number of hydrogen-bond acceptors (Lipinski definition) is 3. The Morgan fingerprint density at radius 3 is 3.00 bits per heavy atom. The van der Waals surface area contributed by atoms with Gasteiger partial charge in [-0.3, -0.25) is 4.79 Å². The highest BCUT2D eigenvalue weighted by atomic mass is 32.2. The first-order valence-electron chi connectivity index (χ1n) is 6.44. The quantitative estimate of drug-likeness (QED) is 0.861. The van der Waals surface area contributed by atoms with Crippen molar-refractivity contribution in [3.05, 3.63) is 42.5 Å². The highest BCUT2D eigenvalue weighted by Gasteiger charge is 2.25. The summed E-state index contributed by atoms with van der Waals surface area (Å²) in [5, 5.41) is 3.41. The predicted molar refractivity (Wildman–Crippen MR) is 76.3 cm³/mol. The molecule has 1 aliphatic carbocycles. The number of thioether (sulfide) groups is 1. The van der Waals surface area contributed by atoms with E-state index in [1.807, 2.05) is 6.20 Å². The maximum Gasteiger partial charge on any atom is 0.234 e. The summed E-state index contributed by atoms with van der Waals surface area (Å²) in [6.07, 6.45) is 6.03. The van der Waals surface area contributed by atoms with Crippen molar-refractivity contribution < 1.29 is 9.18 Å². The third-order valence-electron chi connectivity index (χ3n) is 3.05. The minimum Gasteiger partial charge on any atom is -0.323 e. The summed E-state index contributed by atoms with van der Waals surface area (Å²) in [4.78, 5) is 16.1. The summed E-state index contributed by atoms with van der Waals surface area (Å²) in [5.41, 5.74) is 0.212. The van der Waals surface area contributed by atoms with Crippen LogP contribution >= 0.6 is 11.8 Å². The molecule has 2 aromatic rings. The van der Waals surface area contributed by atoms with E-state index >= 15 is 0 Å². The van der Waals surface area contributed by atoms with E-state index in [9.17, 15) is 9.18 Å². The van der Waals surface area contributed by atoms with E-state index in [0.29, 0.717) is 6.04 Å². The summed E-state index contributed by atoms with van der Waals surface area (Å²) in [6, 6.07) is 6.68. The van der Waals surface area contributed by atoms with Gasteiger partial charge in [-0.15, -0.1) is 0 Å². The number of aromatic nitrogens is 2. The monoisotopic (exact) mass is 291 g/mol. The van der Waals surface area contributed by atoms with Crippen molar-refractivity contribution in [1.29, 1.82) is 0 Å². The molecule has 0 radical (unpaired) electrons. The van der Waals surface area contributed by atoms with Crippen molar-refractivity contribution >= 4 is 23.4 Å². The molecule has 0 bridgehead atoms. The third kappa shape index (κ3) is 3.01. The van der Waals surface area contributed by atoms with Gasteiger partial charge in [0, 0.05) is 18.4 Å². The molecule has 4 nitrogen and oxygen atoms in total. The van der Waals surface area contributed by atoms with Gasteiger partial charge in [0.05, 0.1) is 11.4 Å². The number of carbonyl (C=O) groups is 1. The van der Waals surface area contributed by atoms with Crippen LogP contribution in [0.3, 0.4) is 0 Å². The minimum atomic E-state index is -0.426. The fourth-order valence-corrected chi connectivity index (χ4v) is 2.75. The summed E-state index contributed by atoms with van der Waals surface area (Å²) < 4.78 is 15.5. The standard InChI is InChI=1S/C14H14FN3OS/c15-11-3-1-2-4-12(11)17-13(19)9-20-14-16-7-8-18(14)10-5-6-10/h1-4,7-8,10H,5-6,9H2,(H,17,19). The summed E-state index contributed by atoms with van der Waals surface area (Å²) in [7, 11) is 0. The minimum absolute atomic E-state index is 0.212. The average molecular weight is 291 g/mol. The number of carbonyl (C=O) groups excluding carboxylic acids is 1. The van der Waals surface area contributed by atoms with Gasteiger partial charge in [-0.05, 0) is 25.0 Å². The Morgan fingerprint density at radius 1 is 1.45 bits per heavy atom. The van der Waals surface area contributed by atoms with Gasteiger partial charge in [-0.25, -0.2) is 9.37 Å². The van der Waals surface area contributed by atoms with Crippen molar-refractivity contribution in [2.45, 2.75) is 24.0 Å². The Labute approximate surface area is 120 Å². The molecule has 1 fully saturated rings. The van der Waals surface area contributed by atoms with Gasteiger partial charge in [0.2, 0.25) is 5.91 Å². The van der Waals surface area contributed by atoms with Gasteiger partial charge in [-0.1, -0.05) is 23.9 Å². The summed E-state index contributed by atoms with van der Waals surface area (Å²) >= 11 is 1.37. The van der Waals surface area contributed by atoms with Crippen LogP contribution in [0.4, 0.5) is 10.1 Å². The number of para-hydroxylation sites is 1. The van der Waals surface area contributed by atoms with Gasteiger partial charge >= 0.3 is 0 Å². The second-order valence-corrected chi connectivity index (χ2v) is 5.61. The van der Waals surface area contributed by atoms with Crippen LogP contribution in [0.2, 0.25) is 0 Å². The fraction of sp³-hybridized carbons (Fsp3) is 0.286. The maximum atomic E-state index is 13.4. The van der Waals surface area contributed by atoms with Crippen molar-refractivity contribution in [2.24, 2.45) is 0 Å². The van der Waals surface area contributed by atoms with Crippen LogP contribution in [0.1, 0.15) is 18.9 Å². The zero-order valence-corrected chi connectivity index (χ0v) is 11.6. The van der Waals surface area contributed by atoms with Crippen molar-refractivity contribution in [1.82, 2.24) is 9.55 Å². The SMILES string of the molecule is O=C(CSc1nccn1C1CC1)Nc1ccccc1F. The van der Waals surface area contributed by atoms with Crippen LogP contribution in [0.15, 0.2) is 41.8 Å². The molecule has 1 aliphatic rings. The number of amides is 1. The average Bonchev–Trinajstić information content (AvgIpc) is 3.18. The number of rotatable bonds is 5. The Bertz CT molecular complexity index is 624. The van der Waals surface area contributed by atoms with E-state index in [0.717, 1.165) is 5.16 Å². The molecule has 6 heteroatoms. The maximum absolute atomic E-state index is 13.4. The second-order valence-electron chi connectivity index (χ2n) is 4.66. The number of halogens is 1. The normalized spacial score (nSPS) is 14.2. The highest BCUT2D eigenvalue weighted by molar-refractivity contribution is 7.99. The number of nitrogens with zero attached hydrogens (tertiary/aromatic N) is 2. The Hall–Kier alpha value is -1.82. The second kappa shape index (κ2) is 5.66. The predicted octanol–water partition coefficient (Wildman–Crippen LogP) is 3.09. The lowest BCUT2D eigenvalue weighted by Crippen LogP contribution is -2.15. The first kappa shape index (κ1) is 13.2. The molecule has 1 aromatic heterocycles. The molecule has 0 aliphatic heterocycles. The molecule has 1 aromatic carbocycles. The zero-order chi connectivity index (χ0) is 13.9. The van der Waals surface area contributed by atoms with Crippen LogP contribution in [-0.4, -0.2) is 21.2 Å². The van der Waals surface area contributed by atoms with Crippen LogP contribution in [0.5, 0.6) is 0 Å². The number of anilines is 1. The van der Waals surface area contributed by atoms with Crippen molar-refractivity contribution in [3.63, 3.8) is 0 Å². The molecular weight excluding hydrogens is 277 g/mol. The van der Waals surface area contributed by atoms with Crippen LogP contribution < -0.4 is 5.32 Å². The molecule has 1 amide bonds. The Morgan fingerprint density at radius 2 is 2.25 bits per heavy atom. The lowest BCUT2D eigenvalue weighted by molar-refractivity contribution is -0.113. The Kier molecular flexibility index (Phi) is 3.73. The van der Waals surface area contributed by atoms with Gasteiger partial charge in [0.25, 0.3) is 0 Å². The van der Waals surface area contributed by atoms with E-state index in [1.54, 1.807) is 24.4 Å². The number of nitrogens with one attached hydrogen (secondary N) is 1. The molecular formula is C14H14FN3OS. The molecule has 0 spiro atoms. The van der Waals surface area contributed by atoms with Crippen LogP contribution in [0, 0.1) is 5.82 Å². The molecule has 1 saturated carbocycles. The Balaban J connectivity index is 1.57. The van der Waals surface area contributed by atoms with Crippen molar-refractivity contribution in [3.8, 4) is 0 Å². The van der Waals surface area contributed by atoms with E-state index < -0.39 is 5.82 Å². The first-order valence-corrected chi connectivity index (χ1v) is 7.42. The van der Waals surface area contributed by atoms with E-state index in [4.69, 9.17) is 0 Å². The van der Waals surface area contributed by atoms with Crippen LogP contribution in [0.25, 0.3) is 0 Å². The van der Waals surface area contributed by atoms with Crippen LogP contribution in [-0.2, 0) is 4.79 Å². The van der Waals surface area contributed by atoms with Gasteiger partial charge in [0.15, 0.2) is 5.16 Å². The molecule has 3 rings (SSSR count). The van der Waals surface area contributed by atoms with Gasteiger partial charge in [-0.2, -0.15) is 0 Å². The number of imidazole rings is 1. The van der Waals surface area contributed by atoms with E-state index in [1.165, 1.54) is 30.7 Å². The first-order chi connectivity index (χ1) is 9.74. The number of benzene rings is 1. The summed E-state index contributed by atoms with van der Waals surface area (Å²) in [6.45, 7) is 0. The smallest absolute Gasteiger partial charge is 0.234 e. The van der Waals surface area contributed by atoms with Gasteiger partial charge < -0.3 is 9.88 Å². The largest absolute Gasteiger partial charge is 0.323 e. The lowest BCUT2D eigenvalue weighted by Gasteiger charge is -2.07. The van der Waals surface area contributed by atoms with E-state index in [-0.39, 0.29) is 17.3 Å². The lowest BCUT2D eigenvalue weighted by atomic mass is 10.3. The molecule has 0 saturated heterocycles. The van der Waals surface area contributed by atoms with Crippen molar-refractivity contribution in [2.75, 3.05) is 11.1 Å². The molecule has 0 unspecified atom stereocenters. The summed E-state index contributed by atoms with van der Waals surface area (Å²) in [5.74, 6) is -0.436. The number of hydrogen-bond donors (Lipinski definition) is 1. The van der Waals surface area contributed by atoms with Gasteiger partial charge in [0.1, 0.15) is 5.82 Å². The topological polar surface area (TPSA) is 46.9 Å². The highest BCUT2D eigenvalue weighted by Crippen LogP contribution is 2.37. The molecule has 1 heterocycles. The molecule has 20 heavy (non-hydrogen) atoms. The fourth-order valence-electron chi connectivity index (χ4n) is 1.92. The van der Waals surface area contributed by atoms with E-state index in [2.05, 4.69) is 14.9 Å². The third-order valence-corrected chi connectivity index (χ3v) is 4.03. The zero-order valence-electron chi connectivity index (χ0n) is 10.8. The molecule has 0 atom stereocenters.